The molecule has 0 fully saturated rings. The molecule has 0 spiro atoms. The van der Waals surface area contributed by atoms with Crippen LogP contribution in [0.15, 0.2) is 48.5 Å². The number of ether oxygens (including phenoxy) is 1. The molecule has 0 unspecified atom stereocenters. The van der Waals surface area contributed by atoms with Crippen LogP contribution in [0, 0.1) is 0 Å². The van der Waals surface area contributed by atoms with Gasteiger partial charge in [0.15, 0.2) is 0 Å². The van der Waals surface area contributed by atoms with Crippen molar-refractivity contribution in [2.45, 2.75) is 13.0 Å². The Balaban J connectivity index is 1.89. The van der Waals surface area contributed by atoms with Crippen molar-refractivity contribution in [3.8, 4) is 5.75 Å². The summed E-state index contributed by atoms with van der Waals surface area (Å²) in [6.07, 6.45) is 0.380. The maximum atomic E-state index is 11.8. The van der Waals surface area contributed by atoms with E-state index in [0.29, 0.717) is 23.7 Å². The molecule has 0 aliphatic heterocycles. The molecule has 4 heteroatoms. The highest BCUT2D eigenvalue weighted by molar-refractivity contribution is 6.32. The molecule has 0 heterocycles. The molecular formula is C16H16ClNO2. The lowest BCUT2D eigenvalue weighted by Crippen LogP contribution is -2.24. The van der Waals surface area contributed by atoms with Gasteiger partial charge >= 0.3 is 0 Å². The summed E-state index contributed by atoms with van der Waals surface area (Å²) in [5, 5.41) is 3.42. The third-order valence-corrected chi connectivity index (χ3v) is 3.21. The minimum absolute atomic E-state index is 0.0110. The van der Waals surface area contributed by atoms with Crippen molar-refractivity contribution in [1.82, 2.24) is 5.32 Å². The van der Waals surface area contributed by atoms with Gasteiger partial charge < -0.3 is 10.1 Å². The predicted molar refractivity (Wildman–Crippen MR) is 80.0 cm³/mol. The Morgan fingerprint density at radius 1 is 1.15 bits per heavy atom. The van der Waals surface area contributed by atoms with E-state index in [1.54, 1.807) is 19.2 Å². The zero-order valence-electron chi connectivity index (χ0n) is 11.2. The van der Waals surface area contributed by atoms with Gasteiger partial charge in [0, 0.05) is 6.54 Å². The second-order valence-corrected chi connectivity index (χ2v) is 4.82. The topological polar surface area (TPSA) is 38.3 Å². The lowest BCUT2D eigenvalue weighted by Gasteiger charge is -2.08. The van der Waals surface area contributed by atoms with E-state index in [0.717, 1.165) is 11.1 Å². The molecule has 0 atom stereocenters. The van der Waals surface area contributed by atoms with E-state index in [1.165, 1.54) is 0 Å². The molecule has 20 heavy (non-hydrogen) atoms. The summed E-state index contributed by atoms with van der Waals surface area (Å²) in [5.74, 6) is 0.620. The maximum Gasteiger partial charge on any atom is 0.224 e. The van der Waals surface area contributed by atoms with Gasteiger partial charge in [0.25, 0.3) is 0 Å². The summed E-state index contributed by atoms with van der Waals surface area (Å²) < 4.78 is 5.09. The van der Waals surface area contributed by atoms with Gasteiger partial charge in [-0.3, -0.25) is 4.79 Å². The van der Waals surface area contributed by atoms with E-state index >= 15 is 0 Å². The fourth-order valence-corrected chi connectivity index (χ4v) is 2.14. The van der Waals surface area contributed by atoms with Gasteiger partial charge in [-0.1, -0.05) is 48.0 Å². The van der Waals surface area contributed by atoms with Crippen LogP contribution in [0.1, 0.15) is 11.1 Å². The second-order valence-electron chi connectivity index (χ2n) is 4.41. The highest BCUT2D eigenvalue weighted by Gasteiger charge is 2.05. The van der Waals surface area contributed by atoms with E-state index in [4.69, 9.17) is 16.3 Å². The number of amides is 1. The van der Waals surface area contributed by atoms with Crippen LogP contribution in [0.5, 0.6) is 5.75 Å². The van der Waals surface area contributed by atoms with E-state index in [2.05, 4.69) is 5.32 Å². The van der Waals surface area contributed by atoms with Crippen molar-refractivity contribution >= 4 is 17.5 Å². The van der Waals surface area contributed by atoms with Crippen LogP contribution < -0.4 is 10.1 Å². The minimum atomic E-state index is -0.0110. The lowest BCUT2D eigenvalue weighted by atomic mass is 10.1. The Kier molecular flexibility index (Phi) is 5.02. The van der Waals surface area contributed by atoms with Gasteiger partial charge in [-0.25, -0.2) is 0 Å². The van der Waals surface area contributed by atoms with E-state index in [1.807, 2.05) is 36.4 Å². The number of rotatable bonds is 5. The Morgan fingerprint density at radius 3 is 2.55 bits per heavy atom. The third-order valence-electron chi connectivity index (χ3n) is 2.91. The molecule has 0 aliphatic carbocycles. The van der Waals surface area contributed by atoms with Crippen molar-refractivity contribution in [2.75, 3.05) is 7.11 Å². The Labute approximate surface area is 123 Å². The number of hydrogen-bond donors (Lipinski definition) is 1. The van der Waals surface area contributed by atoms with E-state index in [9.17, 15) is 4.79 Å². The summed E-state index contributed by atoms with van der Waals surface area (Å²) in [7, 11) is 1.57. The van der Waals surface area contributed by atoms with Gasteiger partial charge in [-0.05, 0) is 23.3 Å². The number of benzene rings is 2. The second kappa shape index (κ2) is 6.96. The Bertz CT molecular complexity index is 584. The fourth-order valence-electron chi connectivity index (χ4n) is 1.86. The average molecular weight is 290 g/mol. The van der Waals surface area contributed by atoms with E-state index < -0.39 is 0 Å². The summed E-state index contributed by atoms with van der Waals surface area (Å²) in [6, 6.07) is 15.1. The SMILES string of the molecule is COc1ccc(CNC(=O)Cc2ccccc2)cc1Cl. The smallest absolute Gasteiger partial charge is 0.224 e. The highest BCUT2D eigenvalue weighted by atomic mass is 35.5. The highest BCUT2D eigenvalue weighted by Crippen LogP contribution is 2.24. The zero-order chi connectivity index (χ0) is 14.4. The van der Waals surface area contributed by atoms with Crippen molar-refractivity contribution in [1.29, 1.82) is 0 Å². The van der Waals surface area contributed by atoms with Crippen LogP contribution in [0.25, 0.3) is 0 Å². The molecule has 1 N–H and O–H groups in total. The van der Waals surface area contributed by atoms with Crippen LogP contribution in [0.4, 0.5) is 0 Å². The van der Waals surface area contributed by atoms with Crippen LogP contribution in [0.3, 0.4) is 0 Å². The lowest BCUT2D eigenvalue weighted by molar-refractivity contribution is -0.120. The van der Waals surface area contributed by atoms with Gasteiger partial charge in [0.05, 0.1) is 18.6 Å². The molecule has 0 saturated carbocycles. The molecular weight excluding hydrogens is 274 g/mol. The van der Waals surface area contributed by atoms with Crippen molar-refractivity contribution < 1.29 is 9.53 Å². The molecule has 2 rings (SSSR count). The quantitative estimate of drug-likeness (QED) is 0.918. The zero-order valence-corrected chi connectivity index (χ0v) is 12.0. The molecule has 104 valence electrons. The molecule has 0 saturated heterocycles. The first-order chi connectivity index (χ1) is 9.69. The van der Waals surface area contributed by atoms with Crippen LogP contribution in [0.2, 0.25) is 5.02 Å². The summed E-state index contributed by atoms with van der Waals surface area (Å²) in [6.45, 7) is 0.454. The Hall–Kier alpha value is -2.00. The van der Waals surface area contributed by atoms with Crippen LogP contribution >= 0.6 is 11.6 Å². The number of halogens is 1. The predicted octanol–water partition coefficient (Wildman–Crippen LogP) is 3.21. The molecule has 0 bridgehead atoms. The molecule has 2 aromatic carbocycles. The van der Waals surface area contributed by atoms with E-state index in [-0.39, 0.29) is 5.91 Å². The minimum Gasteiger partial charge on any atom is -0.495 e. The maximum absolute atomic E-state index is 11.8. The number of hydrogen-bond acceptors (Lipinski definition) is 2. The van der Waals surface area contributed by atoms with Gasteiger partial charge in [0.1, 0.15) is 5.75 Å². The first-order valence-electron chi connectivity index (χ1n) is 6.32. The van der Waals surface area contributed by atoms with Gasteiger partial charge in [0.2, 0.25) is 5.91 Å². The largest absolute Gasteiger partial charge is 0.495 e. The summed E-state index contributed by atoms with van der Waals surface area (Å²) >= 11 is 6.04. The normalized spacial score (nSPS) is 10.1. The number of methoxy groups -OCH3 is 1. The molecule has 0 aromatic heterocycles. The summed E-state index contributed by atoms with van der Waals surface area (Å²) in [4.78, 5) is 11.8. The molecule has 2 aromatic rings. The third kappa shape index (κ3) is 4.00. The number of nitrogens with one attached hydrogen (secondary N) is 1. The van der Waals surface area contributed by atoms with Crippen molar-refractivity contribution in [3.63, 3.8) is 0 Å². The molecule has 0 aliphatic rings. The Morgan fingerprint density at radius 2 is 1.90 bits per heavy atom. The summed E-state index contributed by atoms with van der Waals surface area (Å²) in [5.41, 5.74) is 1.94. The molecule has 1 amide bonds. The van der Waals surface area contributed by atoms with Gasteiger partial charge in [-0.2, -0.15) is 0 Å². The average Bonchev–Trinajstić information content (AvgIpc) is 2.46. The monoisotopic (exact) mass is 289 g/mol. The van der Waals surface area contributed by atoms with Crippen LogP contribution in [-0.2, 0) is 17.8 Å². The van der Waals surface area contributed by atoms with Crippen molar-refractivity contribution in [2.24, 2.45) is 0 Å². The van der Waals surface area contributed by atoms with Crippen molar-refractivity contribution in [3.05, 3.63) is 64.7 Å². The first-order valence-corrected chi connectivity index (χ1v) is 6.70. The number of carbonyl (C=O) groups is 1. The van der Waals surface area contributed by atoms with Gasteiger partial charge in [-0.15, -0.1) is 0 Å². The first kappa shape index (κ1) is 14.4. The molecule has 0 radical (unpaired) electrons. The molecule has 3 nitrogen and oxygen atoms in total. The number of carbonyl (C=O) groups excluding carboxylic acids is 1. The van der Waals surface area contributed by atoms with Crippen LogP contribution in [-0.4, -0.2) is 13.0 Å². The standard InChI is InChI=1S/C16H16ClNO2/c1-20-15-8-7-13(9-14(15)17)11-18-16(19)10-12-5-3-2-4-6-12/h2-9H,10-11H2,1H3,(H,18,19). The fraction of sp³-hybridized carbons (Fsp3) is 0.188.